The summed E-state index contributed by atoms with van der Waals surface area (Å²) in [5.41, 5.74) is 5.37. The van der Waals surface area contributed by atoms with Crippen LogP contribution in [0.5, 0.6) is 0 Å². The third-order valence-electron chi connectivity index (χ3n) is 3.63. The van der Waals surface area contributed by atoms with Gasteiger partial charge in [0.25, 0.3) is 0 Å². The average Bonchev–Trinajstić information content (AvgIpc) is 2.54. The monoisotopic (exact) mass is 368 g/mol. The summed E-state index contributed by atoms with van der Waals surface area (Å²) in [6, 6.07) is 4.15. The number of nitrogens with zero attached hydrogens (tertiary/aromatic N) is 1. The van der Waals surface area contributed by atoms with Crippen molar-refractivity contribution in [3.63, 3.8) is 0 Å². The van der Waals surface area contributed by atoms with Crippen LogP contribution < -0.4 is 5.73 Å². The van der Waals surface area contributed by atoms with Crippen molar-refractivity contribution >= 4 is 18.3 Å². The van der Waals surface area contributed by atoms with Crippen molar-refractivity contribution in [1.29, 1.82) is 0 Å². The lowest BCUT2D eigenvalue weighted by Crippen LogP contribution is -2.50. The maximum Gasteiger partial charge on any atom is 0.416 e. The SMILES string of the molecule is COCC(N)C(=O)N1CCOC(c2cccc(C(F)(F)F)c2)C1.Cl. The van der Waals surface area contributed by atoms with Gasteiger partial charge in [-0.3, -0.25) is 4.79 Å². The molecule has 1 amide bonds. The molecule has 2 unspecified atom stereocenters. The molecule has 1 aliphatic heterocycles. The van der Waals surface area contributed by atoms with Gasteiger partial charge in [-0.25, -0.2) is 0 Å². The quantitative estimate of drug-likeness (QED) is 0.883. The van der Waals surface area contributed by atoms with Gasteiger partial charge >= 0.3 is 6.18 Å². The molecule has 0 radical (unpaired) electrons. The number of benzene rings is 1. The highest BCUT2D eigenvalue weighted by Gasteiger charge is 2.33. The topological polar surface area (TPSA) is 64.8 Å². The molecule has 0 saturated carbocycles. The number of amides is 1. The van der Waals surface area contributed by atoms with Crippen molar-refractivity contribution in [3.05, 3.63) is 35.4 Å². The van der Waals surface area contributed by atoms with Crippen LogP contribution >= 0.6 is 12.4 Å². The Labute approximate surface area is 144 Å². The summed E-state index contributed by atoms with van der Waals surface area (Å²) in [5, 5.41) is 0. The van der Waals surface area contributed by atoms with Crippen molar-refractivity contribution in [1.82, 2.24) is 4.90 Å². The Balaban J connectivity index is 0.00000288. The second-order valence-electron chi connectivity index (χ2n) is 5.33. The first-order valence-electron chi connectivity index (χ1n) is 7.15. The number of carbonyl (C=O) groups is 1. The van der Waals surface area contributed by atoms with E-state index in [0.717, 1.165) is 12.1 Å². The van der Waals surface area contributed by atoms with Crippen LogP contribution in [0.4, 0.5) is 13.2 Å². The first kappa shape index (κ1) is 20.7. The summed E-state index contributed by atoms with van der Waals surface area (Å²) in [4.78, 5) is 13.7. The van der Waals surface area contributed by atoms with Crippen LogP contribution in [0.15, 0.2) is 24.3 Å². The van der Waals surface area contributed by atoms with Crippen molar-refractivity contribution in [2.45, 2.75) is 18.3 Å². The number of morpholine rings is 1. The third kappa shape index (κ3) is 5.07. The lowest BCUT2D eigenvalue weighted by molar-refractivity contribution is -0.142. The summed E-state index contributed by atoms with van der Waals surface area (Å²) in [6.07, 6.45) is -5.02. The van der Waals surface area contributed by atoms with E-state index in [1.165, 1.54) is 18.1 Å². The first-order valence-corrected chi connectivity index (χ1v) is 7.15. The standard InChI is InChI=1S/C15H19F3N2O3.ClH/c1-22-9-12(19)14(21)20-5-6-23-13(8-20)10-3-2-4-11(7-10)15(16,17)18;/h2-4,7,12-13H,5-6,8-9,19H2,1H3;1H. The number of alkyl halides is 3. The summed E-state index contributed by atoms with van der Waals surface area (Å²) in [7, 11) is 1.44. The van der Waals surface area contributed by atoms with Crippen molar-refractivity contribution in [2.24, 2.45) is 5.73 Å². The van der Waals surface area contributed by atoms with Crippen LogP contribution in [-0.4, -0.2) is 50.3 Å². The van der Waals surface area contributed by atoms with Gasteiger partial charge in [-0.1, -0.05) is 12.1 Å². The average molecular weight is 369 g/mol. The number of methoxy groups -OCH3 is 1. The molecule has 136 valence electrons. The Morgan fingerprint density at radius 1 is 1.50 bits per heavy atom. The summed E-state index contributed by atoms with van der Waals surface area (Å²) >= 11 is 0. The molecule has 0 spiro atoms. The zero-order valence-corrected chi connectivity index (χ0v) is 13.9. The minimum atomic E-state index is -4.42. The van der Waals surface area contributed by atoms with E-state index in [1.54, 1.807) is 6.07 Å². The minimum absolute atomic E-state index is 0. The van der Waals surface area contributed by atoms with E-state index >= 15 is 0 Å². The summed E-state index contributed by atoms with van der Waals surface area (Å²) < 4.78 is 48.8. The predicted molar refractivity (Wildman–Crippen MR) is 83.8 cm³/mol. The smallest absolute Gasteiger partial charge is 0.383 e. The van der Waals surface area contributed by atoms with Crippen molar-refractivity contribution in [2.75, 3.05) is 33.4 Å². The van der Waals surface area contributed by atoms with Gasteiger partial charge < -0.3 is 20.1 Å². The molecule has 5 nitrogen and oxygen atoms in total. The molecule has 2 N–H and O–H groups in total. The summed E-state index contributed by atoms with van der Waals surface area (Å²) in [5.74, 6) is -0.299. The first-order chi connectivity index (χ1) is 10.8. The number of rotatable bonds is 4. The Morgan fingerprint density at radius 2 is 2.21 bits per heavy atom. The number of hydrogen-bond donors (Lipinski definition) is 1. The normalized spacial score (nSPS) is 19.5. The lowest BCUT2D eigenvalue weighted by atomic mass is 10.0. The zero-order chi connectivity index (χ0) is 17.0. The van der Waals surface area contributed by atoms with E-state index in [4.69, 9.17) is 15.2 Å². The van der Waals surface area contributed by atoms with E-state index in [2.05, 4.69) is 0 Å². The van der Waals surface area contributed by atoms with Crippen molar-refractivity contribution in [3.8, 4) is 0 Å². The minimum Gasteiger partial charge on any atom is -0.383 e. The molecular formula is C15H20ClF3N2O3. The van der Waals surface area contributed by atoms with E-state index in [0.29, 0.717) is 12.1 Å². The zero-order valence-electron chi connectivity index (χ0n) is 13.1. The van der Waals surface area contributed by atoms with E-state index in [-0.39, 0.29) is 38.1 Å². The second kappa shape index (κ2) is 8.66. The van der Waals surface area contributed by atoms with E-state index in [9.17, 15) is 18.0 Å². The second-order valence-corrected chi connectivity index (χ2v) is 5.33. The van der Waals surface area contributed by atoms with Crippen LogP contribution in [0.1, 0.15) is 17.2 Å². The molecule has 1 aliphatic rings. The van der Waals surface area contributed by atoms with Crippen LogP contribution in [-0.2, 0) is 20.4 Å². The largest absolute Gasteiger partial charge is 0.416 e. The molecule has 2 atom stereocenters. The van der Waals surface area contributed by atoms with Crippen LogP contribution in [0.2, 0.25) is 0 Å². The number of ether oxygens (including phenoxy) is 2. The fourth-order valence-corrected chi connectivity index (χ4v) is 2.45. The van der Waals surface area contributed by atoms with Gasteiger partial charge in [0.1, 0.15) is 12.1 Å². The number of hydrogen-bond acceptors (Lipinski definition) is 4. The van der Waals surface area contributed by atoms with Gasteiger partial charge in [-0.2, -0.15) is 13.2 Å². The van der Waals surface area contributed by atoms with Crippen LogP contribution in [0.3, 0.4) is 0 Å². The molecule has 1 aromatic carbocycles. The van der Waals surface area contributed by atoms with Crippen LogP contribution in [0.25, 0.3) is 0 Å². The van der Waals surface area contributed by atoms with E-state index < -0.39 is 23.9 Å². The molecule has 1 fully saturated rings. The predicted octanol–water partition coefficient (Wildman–Crippen LogP) is 2.00. The van der Waals surface area contributed by atoms with Gasteiger partial charge in [0.05, 0.1) is 25.3 Å². The molecule has 0 aromatic heterocycles. The maximum atomic E-state index is 12.8. The van der Waals surface area contributed by atoms with Crippen LogP contribution in [0, 0.1) is 0 Å². The summed E-state index contributed by atoms with van der Waals surface area (Å²) in [6.45, 7) is 0.847. The molecule has 1 saturated heterocycles. The number of carbonyl (C=O) groups excluding carboxylic acids is 1. The molecule has 2 rings (SSSR count). The maximum absolute atomic E-state index is 12.8. The number of nitrogens with two attached hydrogens (primary N) is 1. The molecule has 24 heavy (non-hydrogen) atoms. The Morgan fingerprint density at radius 3 is 2.83 bits per heavy atom. The van der Waals surface area contributed by atoms with Gasteiger partial charge in [-0.15, -0.1) is 12.4 Å². The van der Waals surface area contributed by atoms with Gasteiger partial charge in [0, 0.05) is 13.7 Å². The molecular weight excluding hydrogens is 349 g/mol. The van der Waals surface area contributed by atoms with Gasteiger partial charge in [0.2, 0.25) is 5.91 Å². The third-order valence-corrected chi connectivity index (χ3v) is 3.63. The van der Waals surface area contributed by atoms with Gasteiger partial charge in [-0.05, 0) is 17.7 Å². The fourth-order valence-electron chi connectivity index (χ4n) is 2.45. The molecule has 1 aromatic rings. The molecule has 0 bridgehead atoms. The molecule has 0 aliphatic carbocycles. The fraction of sp³-hybridized carbons (Fsp3) is 0.533. The Kier molecular flexibility index (Phi) is 7.47. The highest BCUT2D eigenvalue weighted by molar-refractivity contribution is 5.85. The Hall–Kier alpha value is -1.35. The highest BCUT2D eigenvalue weighted by atomic mass is 35.5. The molecule has 9 heteroatoms. The van der Waals surface area contributed by atoms with Gasteiger partial charge in [0.15, 0.2) is 0 Å². The number of halogens is 4. The lowest BCUT2D eigenvalue weighted by Gasteiger charge is -2.34. The van der Waals surface area contributed by atoms with E-state index in [1.807, 2.05) is 0 Å². The highest BCUT2D eigenvalue weighted by Crippen LogP contribution is 2.32. The van der Waals surface area contributed by atoms with Crippen molar-refractivity contribution < 1.29 is 27.4 Å². The Bertz CT molecular complexity index is 557. The molecule has 1 heterocycles.